The second-order valence-corrected chi connectivity index (χ2v) is 5.59. The standard InChI is InChI=1S/C13H19NOS/c1-9-3-4-12(10(2)7-9)13-14-11(5-6-15)8-16-13/h3-4,7,11,13-15H,5-6,8H2,1-2H3. The molecule has 0 radical (unpaired) electrons. The van der Waals surface area contributed by atoms with Crippen LogP contribution < -0.4 is 5.32 Å². The van der Waals surface area contributed by atoms with E-state index in [1.54, 1.807) is 0 Å². The number of nitrogens with one attached hydrogen (secondary N) is 1. The number of aliphatic hydroxyl groups excluding tert-OH is 1. The lowest BCUT2D eigenvalue weighted by Crippen LogP contribution is -2.26. The van der Waals surface area contributed by atoms with Crippen molar-refractivity contribution in [1.29, 1.82) is 0 Å². The fourth-order valence-corrected chi connectivity index (χ4v) is 3.56. The van der Waals surface area contributed by atoms with E-state index in [-0.39, 0.29) is 6.61 Å². The maximum absolute atomic E-state index is 8.93. The lowest BCUT2D eigenvalue weighted by atomic mass is 10.1. The minimum absolute atomic E-state index is 0.276. The number of hydrogen-bond donors (Lipinski definition) is 2. The smallest absolute Gasteiger partial charge is 0.0794 e. The third-order valence-electron chi connectivity index (χ3n) is 3.04. The zero-order valence-corrected chi connectivity index (χ0v) is 10.7. The van der Waals surface area contributed by atoms with Gasteiger partial charge in [0, 0.05) is 18.4 Å². The number of aryl methyl sites for hydroxylation is 2. The predicted molar refractivity (Wildman–Crippen MR) is 69.7 cm³/mol. The molecule has 1 saturated heterocycles. The van der Waals surface area contributed by atoms with E-state index in [4.69, 9.17) is 5.11 Å². The molecule has 3 heteroatoms. The number of benzene rings is 1. The van der Waals surface area contributed by atoms with Gasteiger partial charge in [0.15, 0.2) is 0 Å². The molecule has 2 rings (SSSR count). The Bertz CT molecular complexity index is 367. The highest BCUT2D eigenvalue weighted by atomic mass is 32.2. The maximum Gasteiger partial charge on any atom is 0.0794 e. The van der Waals surface area contributed by atoms with Crippen molar-refractivity contribution in [3.8, 4) is 0 Å². The van der Waals surface area contributed by atoms with Gasteiger partial charge in [-0.15, -0.1) is 11.8 Å². The van der Waals surface area contributed by atoms with E-state index < -0.39 is 0 Å². The SMILES string of the molecule is Cc1ccc(C2NC(CCO)CS2)c(C)c1. The van der Waals surface area contributed by atoms with Gasteiger partial charge >= 0.3 is 0 Å². The highest BCUT2D eigenvalue weighted by Gasteiger charge is 2.25. The summed E-state index contributed by atoms with van der Waals surface area (Å²) in [6, 6.07) is 7.08. The van der Waals surface area contributed by atoms with Crippen LogP contribution in [0.2, 0.25) is 0 Å². The van der Waals surface area contributed by atoms with Crippen LogP contribution in [-0.2, 0) is 0 Å². The lowest BCUT2D eigenvalue weighted by molar-refractivity contribution is 0.271. The minimum atomic E-state index is 0.276. The first-order valence-electron chi connectivity index (χ1n) is 5.76. The van der Waals surface area contributed by atoms with Gasteiger partial charge in [0.2, 0.25) is 0 Å². The van der Waals surface area contributed by atoms with Crippen molar-refractivity contribution >= 4 is 11.8 Å². The normalized spacial score (nSPS) is 24.9. The van der Waals surface area contributed by atoms with Crippen molar-refractivity contribution in [2.45, 2.75) is 31.7 Å². The molecule has 2 unspecified atom stereocenters. The number of rotatable bonds is 3. The van der Waals surface area contributed by atoms with Crippen LogP contribution in [0.5, 0.6) is 0 Å². The topological polar surface area (TPSA) is 32.3 Å². The van der Waals surface area contributed by atoms with Crippen LogP contribution in [0, 0.1) is 13.8 Å². The van der Waals surface area contributed by atoms with Crippen LogP contribution in [0.1, 0.15) is 28.5 Å². The quantitative estimate of drug-likeness (QED) is 0.846. The van der Waals surface area contributed by atoms with Gasteiger partial charge in [0.05, 0.1) is 5.37 Å². The monoisotopic (exact) mass is 237 g/mol. The zero-order valence-electron chi connectivity index (χ0n) is 9.86. The molecule has 0 amide bonds. The van der Waals surface area contributed by atoms with Crippen LogP contribution >= 0.6 is 11.8 Å². The van der Waals surface area contributed by atoms with Crippen LogP contribution in [0.3, 0.4) is 0 Å². The average Bonchev–Trinajstić information content (AvgIpc) is 2.67. The summed E-state index contributed by atoms with van der Waals surface area (Å²) in [5, 5.41) is 12.9. The summed E-state index contributed by atoms with van der Waals surface area (Å²) in [5.74, 6) is 1.10. The van der Waals surface area contributed by atoms with Gasteiger partial charge in [-0.3, -0.25) is 5.32 Å². The van der Waals surface area contributed by atoms with E-state index in [1.807, 2.05) is 11.8 Å². The minimum Gasteiger partial charge on any atom is -0.396 e. The highest BCUT2D eigenvalue weighted by molar-refractivity contribution is 7.99. The number of thioether (sulfide) groups is 1. The molecule has 1 fully saturated rings. The van der Waals surface area contributed by atoms with Crippen molar-refractivity contribution in [3.63, 3.8) is 0 Å². The molecule has 0 aromatic heterocycles. The summed E-state index contributed by atoms with van der Waals surface area (Å²) >= 11 is 1.94. The fraction of sp³-hybridized carbons (Fsp3) is 0.538. The predicted octanol–water partition coefficient (Wildman–Crippen LogP) is 2.39. The Balaban J connectivity index is 2.08. The Labute approximate surface area is 101 Å². The van der Waals surface area contributed by atoms with Gasteiger partial charge in [-0.1, -0.05) is 23.8 Å². The summed E-state index contributed by atoms with van der Waals surface area (Å²) < 4.78 is 0. The molecule has 1 heterocycles. The van der Waals surface area contributed by atoms with Crippen molar-refractivity contribution < 1.29 is 5.11 Å². The number of aliphatic hydroxyl groups is 1. The average molecular weight is 237 g/mol. The molecule has 1 aromatic rings. The molecule has 0 spiro atoms. The molecule has 2 atom stereocenters. The molecule has 1 aliphatic rings. The van der Waals surface area contributed by atoms with Crippen molar-refractivity contribution in [2.24, 2.45) is 0 Å². The van der Waals surface area contributed by atoms with Gasteiger partial charge < -0.3 is 5.11 Å². The van der Waals surface area contributed by atoms with Crippen LogP contribution in [0.15, 0.2) is 18.2 Å². The fourth-order valence-electron chi connectivity index (χ4n) is 2.14. The second-order valence-electron chi connectivity index (χ2n) is 4.45. The Hall–Kier alpha value is -0.510. The first-order chi connectivity index (χ1) is 7.70. The van der Waals surface area contributed by atoms with Gasteiger partial charge in [-0.2, -0.15) is 0 Å². The summed E-state index contributed by atoms with van der Waals surface area (Å²) in [6.45, 7) is 4.57. The molecule has 0 saturated carbocycles. The molecule has 16 heavy (non-hydrogen) atoms. The third-order valence-corrected chi connectivity index (χ3v) is 4.35. The Morgan fingerprint density at radius 3 is 2.94 bits per heavy atom. The summed E-state index contributed by atoms with van der Waals surface area (Å²) in [6.07, 6.45) is 0.856. The van der Waals surface area contributed by atoms with E-state index in [0.29, 0.717) is 11.4 Å². The molecular weight excluding hydrogens is 218 g/mol. The van der Waals surface area contributed by atoms with Crippen molar-refractivity contribution in [1.82, 2.24) is 5.32 Å². The largest absolute Gasteiger partial charge is 0.396 e. The molecule has 2 nitrogen and oxygen atoms in total. The molecule has 0 bridgehead atoms. The highest BCUT2D eigenvalue weighted by Crippen LogP contribution is 2.35. The lowest BCUT2D eigenvalue weighted by Gasteiger charge is -2.15. The first-order valence-corrected chi connectivity index (χ1v) is 6.81. The molecule has 1 aliphatic heterocycles. The van der Waals surface area contributed by atoms with E-state index in [0.717, 1.165) is 12.2 Å². The third kappa shape index (κ3) is 2.59. The Morgan fingerprint density at radius 2 is 2.25 bits per heavy atom. The maximum atomic E-state index is 8.93. The zero-order chi connectivity index (χ0) is 11.5. The van der Waals surface area contributed by atoms with Crippen molar-refractivity contribution in [2.75, 3.05) is 12.4 Å². The summed E-state index contributed by atoms with van der Waals surface area (Å²) in [4.78, 5) is 0. The van der Waals surface area contributed by atoms with E-state index >= 15 is 0 Å². The first kappa shape index (κ1) is 12.0. The molecule has 88 valence electrons. The van der Waals surface area contributed by atoms with Crippen LogP contribution in [-0.4, -0.2) is 23.5 Å². The van der Waals surface area contributed by atoms with Gasteiger partial charge in [-0.25, -0.2) is 0 Å². The summed E-state index contributed by atoms with van der Waals surface area (Å²) in [7, 11) is 0. The van der Waals surface area contributed by atoms with E-state index in [9.17, 15) is 0 Å². The molecule has 1 aromatic carbocycles. The molecule has 2 N–H and O–H groups in total. The second kappa shape index (κ2) is 5.21. The van der Waals surface area contributed by atoms with Crippen LogP contribution in [0.25, 0.3) is 0 Å². The Kier molecular flexibility index (Phi) is 3.90. The number of hydrogen-bond acceptors (Lipinski definition) is 3. The van der Waals surface area contributed by atoms with Gasteiger partial charge in [0.1, 0.15) is 0 Å². The molecular formula is C13H19NOS. The van der Waals surface area contributed by atoms with Crippen molar-refractivity contribution in [3.05, 3.63) is 34.9 Å². The van der Waals surface area contributed by atoms with Gasteiger partial charge in [-0.05, 0) is 31.4 Å². The van der Waals surface area contributed by atoms with Gasteiger partial charge in [0.25, 0.3) is 0 Å². The van der Waals surface area contributed by atoms with E-state index in [1.165, 1.54) is 16.7 Å². The Morgan fingerprint density at radius 1 is 1.44 bits per heavy atom. The molecule has 0 aliphatic carbocycles. The summed E-state index contributed by atoms with van der Waals surface area (Å²) in [5.41, 5.74) is 4.06. The van der Waals surface area contributed by atoms with Crippen LogP contribution in [0.4, 0.5) is 0 Å². The van der Waals surface area contributed by atoms with E-state index in [2.05, 4.69) is 37.4 Å².